The minimum absolute atomic E-state index is 0.0336. The lowest BCUT2D eigenvalue weighted by atomic mass is 9.72. The van der Waals surface area contributed by atoms with Gasteiger partial charge in [-0.25, -0.2) is 4.98 Å². The standard InChI is InChI=1S/C27H35N5O4/c1-31(26-29-21-17-23(36-3)22(35-2)16-20(21)25(28)30-26)18-27(19-8-5-4-6-9-19)11-13-32(14-12-27)24(34)10-7-15-33/h4-6,8-9,16-17,33H,7,10-15,18H2,1-3H3,(H2,28,29,30). The molecule has 9 nitrogen and oxygen atoms in total. The lowest BCUT2D eigenvalue weighted by molar-refractivity contribution is -0.133. The summed E-state index contributed by atoms with van der Waals surface area (Å²) in [6.45, 7) is 2.05. The Bertz CT molecular complexity index is 1200. The Labute approximate surface area is 211 Å². The Hall–Kier alpha value is -3.59. The van der Waals surface area contributed by atoms with Crippen molar-refractivity contribution in [2.45, 2.75) is 31.1 Å². The normalized spacial score (nSPS) is 15.1. The number of likely N-dealkylation sites (tertiary alicyclic amines) is 1. The molecule has 0 unspecified atom stereocenters. The van der Waals surface area contributed by atoms with E-state index in [1.165, 1.54) is 5.56 Å². The van der Waals surface area contributed by atoms with Gasteiger partial charge >= 0.3 is 0 Å². The second kappa shape index (κ2) is 11.0. The van der Waals surface area contributed by atoms with Crippen molar-refractivity contribution in [2.24, 2.45) is 0 Å². The van der Waals surface area contributed by atoms with Crippen molar-refractivity contribution in [3.63, 3.8) is 0 Å². The first-order chi connectivity index (χ1) is 17.4. The zero-order valence-corrected chi connectivity index (χ0v) is 21.2. The molecule has 0 radical (unpaired) electrons. The minimum atomic E-state index is -0.172. The van der Waals surface area contributed by atoms with Gasteiger partial charge in [0.25, 0.3) is 0 Å². The molecule has 1 aliphatic heterocycles. The zero-order valence-electron chi connectivity index (χ0n) is 21.2. The van der Waals surface area contributed by atoms with Crippen LogP contribution in [0.1, 0.15) is 31.2 Å². The lowest BCUT2D eigenvalue weighted by Crippen LogP contribution is -2.50. The molecule has 1 fully saturated rings. The Balaban J connectivity index is 1.62. The van der Waals surface area contributed by atoms with Gasteiger partial charge < -0.3 is 30.1 Å². The lowest BCUT2D eigenvalue weighted by Gasteiger charge is -2.44. The molecule has 3 aromatic rings. The van der Waals surface area contributed by atoms with Gasteiger partial charge in [-0.3, -0.25) is 4.79 Å². The number of carbonyl (C=O) groups excluding carboxylic acids is 1. The number of nitrogen functional groups attached to an aromatic ring is 1. The molecule has 2 heterocycles. The van der Waals surface area contributed by atoms with E-state index in [0.29, 0.717) is 66.6 Å². The number of methoxy groups -OCH3 is 2. The van der Waals surface area contributed by atoms with E-state index in [4.69, 9.17) is 25.3 Å². The number of aliphatic hydroxyl groups excluding tert-OH is 1. The molecular weight excluding hydrogens is 458 g/mol. The number of amides is 1. The predicted molar refractivity (Wildman–Crippen MR) is 141 cm³/mol. The van der Waals surface area contributed by atoms with Gasteiger partial charge in [-0.05, 0) is 30.9 Å². The number of anilines is 2. The van der Waals surface area contributed by atoms with Gasteiger partial charge in [0.2, 0.25) is 11.9 Å². The SMILES string of the molecule is COc1cc2nc(N(C)CC3(c4ccccc4)CCN(C(=O)CCCO)CC3)nc(N)c2cc1OC. The van der Waals surface area contributed by atoms with Crippen molar-refractivity contribution in [3.8, 4) is 11.5 Å². The van der Waals surface area contributed by atoms with E-state index in [2.05, 4.69) is 29.2 Å². The number of fused-ring (bicyclic) bond motifs is 1. The summed E-state index contributed by atoms with van der Waals surface area (Å²) in [5, 5.41) is 9.79. The van der Waals surface area contributed by atoms with Crippen molar-refractivity contribution in [1.29, 1.82) is 0 Å². The van der Waals surface area contributed by atoms with Gasteiger partial charge in [-0.1, -0.05) is 30.3 Å². The fourth-order valence-electron chi connectivity index (χ4n) is 5.06. The third kappa shape index (κ3) is 5.16. The molecule has 0 atom stereocenters. The van der Waals surface area contributed by atoms with Gasteiger partial charge in [0, 0.05) is 56.6 Å². The maximum absolute atomic E-state index is 12.6. The van der Waals surface area contributed by atoms with Gasteiger partial charge in [0.1, 0.15) is 5.82 Å². The molecule has 192 valence electrons. The number of rotatable bonds is 9. The number of carbonyl (C=O) groups is 1. The average Bonchev–Trinajstić information content (AvgIpc) is 2.91. The predicted octanol–water partition coefficient (Wildman–Crippen LogP) is 3.00. The molecule has 9 heteroatoms. The first-order valence-electron chi connectivity index (χ1n) is 12.3. The van der Waals surface area contributed by atoms with Crippen LogP contribution in [0.2, 0.25) is 0 Å². The van der Waals surface area contributed by atoms with Crippen molar-refractivity contribution < 1.29 is 19.4 Å². The topological polar surface area (TPSA) is 114 Å². The summed E-state index contributed by atoms with van der Waals surface area (Å²) in [5.41, 5.74) is 8.09. The first kappa shape index (κ1) is 25.5. The highest BCUT2D eigenvalue weighted by Gasteiger charge is 2.38. The Morgan fingerprint density at radius 1 is 1.11 bits per heavy atom. The Kier molecular flexibility index (Phi) is 7.79. The first-order valence-corrected chi connectivity index (χ1v) is 12.3. The van der Waals surface area contributed by atoms with Gasteiger partial charge in [0.15, 0.2) is 11.5 Å². The van der Waals surface area contributed by atoms with Crippen molar-refractivity contribution in [3.05, 3.63) is 48.0 Å². The molecule has 3 N–H and O–H groups in total. The number of benzene rings is 2. The molecule has 1 aliphatic rings. The molecule has 1 aromatic heterocycles. The smallest absolute Gasteiger partial charge is 0.227 e. The number of aliphatic hydroxyl groups is 1. The summed E-state index contributed by atoms with van der Waals surface area (Å²) in [6, 6.07) is 14.0. The minimum Gasteiger partial charge on any atom is -0.493 e. The van der Waals surface area contributed by atoms with Crippen LogP contribution in [0.3, 0.4) is 0 Å². The van der Waals surface area contributed by atoms with Crippen molar-refractivity contribution >= 4 is 28.6 Å². The highest BCUT2D eigenvalue weighted by atomic mass is 16.5. The highest BCUT2D eigenvalue weighted by Crippen LogP contribution is 2.38. The number of nitrogens with two attached hydrogens (primary N) is 1. The summed E-state index contributed by atoms with van der Waals surface area (Å²) < 4.78 is 10.8. The van der Waals surface area contributed by atoms with Crippen LogP contribution < -0.4 is 20.1 Å². The van der Waals surface area contributed by atoms with Crippen molar-refractivity contribution in [1.82, 2.24) is 14.9 Å². The summed E-state index contributed by atoms with van der Waals surface area (Å²) in [7, 11) is 5.15. The third-order valence-corrected chi connectivity index (χ3v) is 7.11. The number of hydrogen-bond acceptors (Lipinski definition) is 8. The van der Waals surface area contributed by atoms with Crippen LogP contribution in [0.5, 0.6) is 11.5 Å². The maximum Gasteiger partial charge on any atom is 0.227 e. The second-order valence-corrected chi connectivity index (χ2v) is 9.34. The van der Waals surface area contributed by atoms with E-state index in [9.17, 15) is 4.79 Å². The van der Waals surface area contributed by atoms with E-state index in [0.717, 1.165) is 12.8 Å². The van der Waals surface area contributed by atoms with Crippen LogP contribution >= 0.6 is 0 Å². The molecule has 0 aliphatic carbocycles. The van der Waals surface area contributed by atoms with Crippen LogP contribution in [0, 0.1) is 0 Å². The van der Waals surface area contributed by atoms with Crippen LogP contribution in [-0.4, -0.2) is 73.4 Å². The van der Waals surface area contributed by atoms with E-state index in [1.807, 2.05) is 29.0 Å². The second-order valence-electron chi connectivity index (χ2n) is 9.34. The molecule has 4 rings (SSSR count). The monoisotopic (exact) mass is 493 g/mol. The molecule has 0 bridgehead atoms. The number of nitrogens with zero attached hydrogens (tertiary/aromatic N) is 4. The van der Waals surface area contributed by atoms with E-state index >= 15 is 0 Å². The number of ether oxygens (including phenoxy) is 2. The van der Waals surface area contributed by atoms with Gasteiger partial charge in [-0.2, -0.15) is 4.98 Å². The van der Waals surface area contributed by atoms with Crippen LogP contribution in [-0.2, 0) is 10.2 Å². The molecule has 1 saturated heterocycles. The number of likely N-dealkylation sites (N-methyl/N-ethyl adjacent to an activating group) is 1. The molecule has 1 amide bonds. The van der Waals surface area contributed by atoms with Gasteiger partial charge in [0.05, 0.1) is 19.7 Å². The third-order valence-electron chi connectivity index (χ3n) is 7.11. The molecule has 36 heavy (non-hydrogen) atoms. The van der Waals surface area contributed by atoms with E-state index < -0.39 is 0 Å². The van der Waals surface area contributed by atoms with Crippen LogP contribution in [0.25, 0.3) is 10.9 Å². The van der Waals surface area contributed by atoms with Crippen LogP contribution in [0.4, 0.5) is 11.8 Å². The number of aromatic nitrogens is 2. The largest absolute Gasteiger partial charge is 0.493 e. The summed E-state index contributed by atoms with van der Waals surface area (Å²) >= 11 is 0. The zero-order chi connectivity index (χ0) is 25.7. The van der Waals surface area contributed by atoms with E-state index in [1.54, 1.807) is 20.3 Å². The van der Waals surface area contributed by atoms with Gasteiger partial charge in [-0.15, -0.1) is 0 Å². The molecular formula is C27H35N5O4. The summed E-state index contributed by atoms with van der Waals surface area (Å²) in [5.74, 6) is 2.17. The number of piperidine rings is 1. The summed E-state index contributed by atoms with van der Waals surface area (Å²) in [6.07, 6.45) is 2.52. The summed E-state index contributed by atoms with van der Waals surface area (Å²) in [4.78, 5) is 25.9. The van der Waals surface area contributed by atoms with E-state index in [-0.39, 0.29) is 17.9 Å². The highest BCUT2D eigenvalue weighted by molar-refractivity contribution is 5.91. The fraction of sp³-hybridized carbons (Fsp3) is 0.444. The van der Waals surface area contributed by atoms with Crippen LogP contribution in [0.15, 0.2) is 42.5 Å². The average molecular weight is 494 g/mol. The maximum atomic E-state index is 12.6. The molecule has 2 aromatic carbocycles. The molecule has 0 spiro atoms. The fourth-order valence-corrected chi connectivity index (χ4v) is 5.06. The Morgan fingerprint density at radius 3 is 2.42 bits per heavy atom. The quantitative estimate of drug-likeness (QED) is 0.468. The van der Waals surface area contributed by atoms with Crippen molar-refractivity contribution in [2.75, 3.05) is 58.1 Å². The Morgan fingerprint density at radius 2 is 1.78 bits per heavy atom. The molecule has 0 saturated carbocycles. The number of hydrogen-bond donors (Lipinski definition) is 2.